The lowest BCUT2D eigenvalue weighted by Crippen LogP contribution is -2.04. The minimum absolute atomic E-state index is 0.534. The van der Waals surface area contributed by atoms with Gasteiger partial charge in [-0.1, -0.05) is 40.2 Å². The Kier molecular flexibility index (Phi) is 4.41. The molecule has 2 nitrogen and oxygen atoms in total. The van der Waals surface area contributed by atoms with Crippen molar-refractivity contribution in [2.24, 2.45) is 0 Å². The molecule has 1 heterocycles. The van der Waals surface area contributed by atoms with Gasteiger partial charge in [-0.3, -0.25) is 0 Å². The molecule has 0 amide bonds. The van der Waals surface area contributed by atoms with Crippen LogP contribution in [0.1, 0.15) is 11.3 Å². The van der Waals surface area contributed by atoms with Crippen molar-refractivity contribution in [1.29, 1.82) is 0 Å². The van der Waals surface area contributed by atoms with Crippen LogP contribution < -0.4 is 0 Å². The molecule has 24 heavy (non-hydrogen) atoms. The first-order valence-corrected chi connectivity index (χ1v) is 7.91. The topological polar surface area (TPSA) is 25.8 Å². The molecule has 0 saturated heterocycles. The number of benzene rings is 2. The molecule has 0 fully saturated rings. The van der Waals surface area contributed by atoms with E-state index >= 15 is 0 Å². The van der Waals surface area contributed by atoms with Crippen LogP contribution >= 0.6 is 15.9 Å². The maximum atomic E-state index is 12.7. The molecule has 3 rings (SSSR count). The zero-order valence-electron chi connectivity index (χ0n) is 12.6. The highest BCUT2D eigenvalue weighted by Crippen LogP contribution is 2.31. The molecule has 2 aromatic carbocycles. The first kappa shape index (κ1) is 16.6. The SMILES string of the molecule is Cc1cc(-c2ccc(C(F)(F)F)cc2)nc(-c2cccc(Br)c2)n1. The molecule has 0 atom stereocenters. The number of hydrogen-bond acceptors (Lipinski definition) is 2. The van der Waals surface area contributed by atoms with E-state index in [1.54, 1.807) is 6.07 Å². The minimum Gasteiger partial charge on any atom is -0.233 e. The average Bonchev–Trinajstić information content (AvgIpc) is 2.53. The van der Waals surface area contributed by atoms with Gasteiger partial charge in [-0.05, 0) is 37.3 Å². The Bertz CT molecular complexity index is 874. The molecule has 0 aliphatic rings. The third-order valence-electron chi connectivity index (χ3n) is 3.45. The number of nitrogens with zero attached hydrogens (tertiary/aromatic N) is 2. The van der Waals surface area contributed by atoms with E-state index in [2.05, 4.69) is 25.9 Å². The molecule has 0 N–H and O–H groups in total. The second-order valence-electron chi connectivity index (χ2n) is 5.30. The number of alkyl halides is 3. The van der Waals surface area contributed by atoms with Crippen molar-refractivity contribution in [2.45, 2.75) is 13.1 Å². The molecule has 0 saturated carbocycles. The zero-order valence-corrected chi connectivity index (χ0v) is 14.2. The second-order valence-corrected chi connectivity index (χ2v) is 6.22. The van der Waals surface area contributed by atoms with Crippen molar-refractivity contribution in [3.05, 3.63) is 70.3 Å². The second kappa shape index (κ2) is 6.36. The highest BCUT2D eigenvalue weighted by atomic mass is 79.9. The third kappa shape index (κ3) is 3.64. The van der Waals surface area contributed by atoms with Gasteiger partial charge in [-0.15, -0.1) is 0 Å². The molecular weight excluding hydrogens is 381 g/mol. The Balaban J connectivity index is 2.03. The van der Waals surface area contributed by atoms with E-state index in [0.717, 1.165) is 27.9 Å². The van der Waals surface area contributed by atoms with Crippen LogP contribution in [0.2, 0.25) is 0 Å². The van der Waals surface area contributed by atoms with E-state index in [1.807, 2.05) is 31.2 Å². The quantitative estimate of drug-likeness (QED) is 0.542. The summed E-state index contributed by atoms with van der Waals surface area (Å²) in [7, 11) is 0. The highest BCUT2D eigenvalue weighted by molar-refractivity contribution is 9.10. The van der Waals surface area contributed by atoms with Crippen LogP contribution in [0.3, 0.4) is 0 Å². The lowest BCUT2D eigenvalue weighted by Gasteiger charge is -2.09. The molecular formula is C18H12BrF3N2. The van der Waals surface area contributed by atoms with Gasteiger partial charge in [0.25, 0.3) is 0 Å². The fourth-order valence-corrected chi connectivity index (χ4v) is 2.70. The molecule has 3 aromatic rings. The number of halogens is 4. The summed E-state index contributed by atoms with van der Waals surface area (Å²) in [6.45, 7) is 1.83. The number of rotatable bonds is 2. The molecule has 6 heteroatoms. The maximum Gasteiger partial charge on any atom is 0.416 e. The van der Waals surface area contributed by atoms with Gasteiger partial charge in [0, 0.05) is 21.3 Å². The lowest BCUT2D eigenvalue weighted by atomic mass is 10.1. The van der Waals surface area contributed by atoms with Gasteiger partial charge in [-0.25, -0.2) is 9.97 Å². The van der Waals surface area contributed by atoms with Gasteiger partial charge in [-0.2, -0.15) is 13.2 Å². The van der Waals surface area contributed by atoms with E-state index in [1.165, 1.54) is 12.1 Å². The highest BCUT2D eigenvalue weighted by Gasteiger charge is 2.30. The predicted molar refractivity (Wildman–Crippen MR) is 90.3 cm³/mol. The van der Waals surface area contributed by atoms with E-state index in [0.29, 0.717) is 17.1 Å². The summed E-state index contributed by atoms with van der Waals surface area (Å²) in [4.78, 5) is 8.91. The van der Waals surface area contributed by atoms with Gasteiger partial charge in [0.15, 0.2) is 5.82 Å². The Labute approximate surface area is 145 Å². The van der Waals surface area contributed by atoms with Crippen molar-refractivity contribution >= 4 is 15.9 Å². The number of aryl methyl sites for hydroxylation is 1. The van der Waals surface area contributed by atoms with Crippen LogP contribution in [0.4, 0.5) is 13.2 Å². The summed E-state index contributed by atoms with van der Waals surface area (Å²) in [5, 5.41) is 0. The summed E-state index contributed by atoms with van der Waals surface area (Å²) in [5.74, 6) is 0.534. The number of aromatic nitrogens is 2. The lowest BCUT2D eigenvalue weighted by molar-refractivity contribution is -0.137. The Morgan fingerprint density at radius 2 is 1.58 bits per heavy atom. The van der Waals surface area contributed by atoms with Gasteiger partial charge in [0.1, 0.15) is 0 Å². The molecule has 0 radical (unpaired) electrons. The zero-order chi connectivity index (χ0) is 17.3. The van der Waals surface area contributed by atoms with Crippen molar-refractivity contribution in [3.63, 3.8) is 0 Å². The number of hydrogen-bond donors (Lipinski definition) is 0. The molecule has 1 aromatic heterocycles. The fourth-order valence-electron chi connectivity index (χ4n) is 2.30. The van der Waals surface area contributed by atoms with Crippen LogP contribution in [0.15, 0.2) is 59.1 Å². The predicted octanol–water partition coefficient (Wildman–Crippen LogP) is 5.90. The molecule has 0 spiro atoms. The Morgan fingerprint density at radius 3 is 2.21 bits per heavy atom. The molecule has 0 bridgehead atoms. The molecule has 122 valence electrons. The molecule has 0 aliphatic heterocycles. The van der Waals surface area contributed by atoms with E-state index in [4.69, 9.17) is 0 Å². The van der Waals surface area contributed by atoms with E-state index in [-0.39, 0.29) is 0 Å². The maximum absolute atomic E-state index is 12.7. The van der Waals surface area contributed by atoms with Crippen LogP contribution in [-0.2, 0) is 6.18 Å². The van der Waals surface area contributed by atoms with Crippen molar-refractivity contribution in [2.75, 3.05) is 0 Å². The Hall–Kier alpha value is -2.21. The van der Waals surface area contributed by atoms with Crippen LogP contribution in [0, 0.1) is 6.92 Å². The van der Waals surface area contributed by atoms with E-state index in [9.17, 15) is 13.2 Å². The van der Waals surface area contributed by atoms with E-state index < -0.39 is 11.7 Å². The summed E-state index contributed by atoms with van der Waals surface area (Å²) in [5.41, 5.74) is 2.11. The minimum atomic E-state index is -4.35. The smallest absolute Gasteiger partial charge is 0.233 e. The summed E-state index contributed by atoms with van der Waals surface area (Å²) in [6.07, 6.45) is -4.35. The van der Waals surface area contributed by atoms with Gasteiger partial charge in [0.05, 0.1) is 11.3 Å². The first-order valence-electron chi connectivity index (χ1n) is 7.12. The first-order chi connectivity index (χ1) is 11.3. The summed E-state index contributed by atoms with van der Waals surface area (Å²) < 4.78 is 38.9. The largest absolute Gasteiger partial charge is 0.416 e. The monoisotopic (exact) mass is 392 g/mol. The molecule has 0 aliphatic carbocycles. The summed E-state index contributed by atoms with van der Waals surface area (Å²) in [6, 6.07) is 14.3. The standard InChI is InChI=1S/C18H12BrF3N2/c1-11-9-16(12-5-7-14(8-6-12)18(20,21)22)24-17(23-11)13-3-2-4-15(19)10-13/h2-10H,1H3. The van der Waals surface area contributed by atoms with Crippen LogP contribution in [0.25, 0.3) is 22.6 Å². The Morgan fingerprint density at radius 1 is 0.875 bits per heavy atom. The fraction of sp³-hybridized carbons (Fsp3) is 0.111. The van der Waals surface area contributed by atoms with Gasteiger partial charge >= 0.3 is 6.18 Å². The van der Waals surface area contributed by atoms with Gasteiger partial charge < -0.3 is 0 Å². The van der Waals surface area contributed by atoms with Crippen LogP contribution in [-0.4, -0.2) is 9.97 Å². The summed E-state index contributed by atoms with van der Waals surface area (Å²) >= 11 is 3.41. The van der Waals surface area contributed by atoms with Crippen LogP contribution in [0.5, 0.6) is 0 Å². The third-order valence-corrected chi connectivity index (χ3v) is 3.94. The van der Waals surface area contributed by atoms with Crippen molar-refractivity contribution in [3.8, 4) is 22.6 Å². The molecule has 0 unspecified atom stereocenters. The van der Waals surface area contributed by atoms with Gasteiger partial charge in [0.2, 0.25) is 0 Å². The van der Waals surface area contributed by atoms with Crippen molar-refractivity contribution < 1.29 is 13.2 Å². The normalized spacial score (nSPS) is 11.5. The average molecular weight is 393 g/mol. The van der Waals surface area contributed by atoms with Crippen molar-refractivity contribution in [1.82, 2.24) is 9.97 Å².